The zero-order valence-electron chi connectivity index (χ0n) is 8.83. The lowest BCUT2D eigenvalue weighted by Gasteiger charge is -2.15. The van der Waals surface area contributed by atoms with Gasteiger partial charge in [0.1, 0.15) is 6.04 Å². The van der Waals surface area contributed by atoms with Crippen LogP contribution in [-0.4, -0.2) is 41.5 Å². The molecule has 0 spiro atoms. The van der Waals surface area contributed by atoms with E-state index in [0.717, 1.165) is 0 Å². The standard InChI is InChI=1S/C10H12N4O2/c1-13-8(9(11)15)6-14(10(13)16)7-3-2-4-12-5-7/h2-5,8H,6H2,1H3,(H2,11,15). The minimum absolute atomic E-state index is 0.239. The second kappa shape index (κ2) is 3.80. The van der Waals surface area contributed by atoms with Gasteiger partial charge in [0.25, 0.3) is 0 Å². The SMILES string of the molecule is CN1C(=O)N(c2cccnc2)CC1C(N)=O. The number of aromatic nitrogens is 1. The van der Waals surface area contributed by atoms with Gasteiger partial charge in [-0.05, 0) is 12.1 Å². The Hall–Kier alpha value is -2.11. The van der Waals surface area contributed by atoms with Crippen LogP contribution in [0.25, 0.3) is 0 Å². The maximum absolute atomic E-state index is 11.8. The zero-order valence-corrected chi connectivity index (χ0v) is 8.83. The molecule has 16 heavy (non-hydrogen) atoms. The fourth-order valence-electron chi connectivity index (χ4n) is 1.71. The van der Waals surface area contributed by atoms with Crippen molar-refractivity contribution in [3.05, 3.63) is 24.5 Å². The number of carbonyl (C=O) groups excluding carboxylic acids is 2. The van der Waals surface area contributed by atoms with Crippen LogP contribution in [0.4, 0.5) is 10.5 Å². The first-order valence-electron chi connectivity index (χ1n) is 4.85. The number of pyridine rings is 1. The van der Waals surface area contributed by atoms with Gasteiger partial charge in [-0.3, -0.25) is 14.7 Å². The van der Waals surface area contributed by atoms with E-state index in [2.05, 4.69) is 4.98 Å². The minimum atomic E-state index is -0.576. The third kappa shape index (κ3) is 1.58. The molecule has 2 rings (SSSR count). The van der Waals surface area contributed by atoms with E-state index in [-0.39, 0.29) is 12.6 Å². The predicted octanol–water partition coefficient (Wildman–Crippen LogP) is -0.193. The number of anilines is 1. The highest BCUT2D eigenvalue weighted by molar-refractivity contribution is 5.99. The minimum Gasteiger partial charge on any atom is -0.368 e. The molecular weight excluding hydrogens is 208 g/mol. The van der Waals surface area contributed by atoms with Crippen molar-refractivity contribution in [2.45, 2.75) is 6.04 Å². The molecule has 0 bridgehead atoms. The average molecular weight is 220 g/mol. The van der Waals surface area contributed by atoms with Crippen molar-refractivity contribution < 1.29 is 9.59 Å². The van der Waals surface area contributed by atoms with Crippen molar-refractivity contribution in [2.24, 2.45) is 5.73 Å². The molecule has 0 saturated carbocycles. The topological polar surface area (TPSA) is 79.5 Å². The molecule has 1 aromatic rings. The van der Waals surface area contributed by atoms with Crippen LogP contribution in [0.2, 0.25) is 0 Å². The highest BCUT2D eigenvalue weighted by Gasteiger charge is 2.38. The van der Waals surface area contributed by atoms with Gasteiger partial charge in [-0.1, -0.05) is 0 Å². The van der Waals surface area contributed by atoms with Crippen molar-refractivity contribution in [1.29, 1.82) is 0 Å². The lowest BCUT2D eigenvalue weighted by Crippen LogP contribution is -2.40. The van der Waals surface area contributed by atoms with Gasteiger partial charge in [-0.2, -0.15) is 0 Å². The summed E-state index contributed by atoms with van der Waals surface area (Å²) in [5.74, 6) is -0.498. The van der Waals surface area contributed by atoms with Crippen molar-refractivity contribution in [1.82, 2.24) is 9.88 Å². The van der Waals surface area contributed by atoms with Gasteiger partial charge < -0.3 is 10.6 Å². The van der Waals surface area contributed by atoms with E-state index < -0.39 is 11.9 Å². The van der Waals surface area contributed by atoms with Crippen LogP contribution in [0.5, 0.6) is 0 Å². The molecule has 2 N–H and O–H groups in total. The Morgan fingerprint density at radius 3 is 2.88 bits per heavy atom. The van der Waals surface area contributed by atoms with E-state index in [4.69, 9.17) is 5.73 Å². The average Bonchev–Trinajstić information content (AvgIpc) is 2.58. The van der Waals surface area contributed by atoms with Gasteiger partial charge in [0.05, 0.1) is 18.4 Å². The fourth-order valence-corrected chi connectivity index (χ4v) is 1.71. The number of nitrogens with two attached hydrogens (primary N) is 1. The number of amides is 3. The summed E-state index contributed by atoms with van der Waals surface area (Å²) >= 11 is 0. The van der Waals surface area contributed by atoms with Gasteiger partial charge in [-0.15, -0.1) is 0 Å². The molecule has 1 fully saturated rings. The van der Waals surface area contributed by atoms with E-state index >= 15 is 0 Å². The monoisotopic (exact) mass is 220 g/mol. The maximum atomic E-state index is 11.8. The Balaban J connectivity index is 2.26. The molecule has 1 aromatic heterocycles. The largest absolute Gasteiger partial charge is 0.368 e. The van der Waals surface area contributed by atoms with E-state index in [9.17, 15) is 9.59 Å². The van der Waals surface area contributed by atoms with Crippen LogP contribution in [-0.2, 0) is 4.79 Å². The number of nitrogens with zero attached hydrogens (tertiary/aromatic N) is 3. The molecule has 1 saturated heterocycles. The van der Waals surface area contributed by atoms with E-state index in [1.807, 2.05) is 0 Å². The van der Waals surface area contributed by atoms with Crippen LogP contribution in [0.1, 0.15) is 0 Å². The summed E-state index contributed by atoms with van der Waals surface area (Å²) < 4.78 is 0. The van der Waals surface area contributed by atoms with Crippen LogP contribution in [0.15, 0.2) is 24.5 Å². The highest BCUT2D eigenvalue weighted by Crippen LogP contribution is 2.21. The van der Waals surface area contributed by atoms with Crippen molar-refractivity contribution >= 4 is 17.6 Å². The third-order valence-corrected chi connectivity index (χ3v) is 2.64. The fraction of sp³-hybridized carbons (Fsp3) is 0.300. The summed E-state index contributed by atoms with van der Waals surface area (Å²) in [6.07, 6.45) is 3.20. The first kappa shape index (κ1) is 10.4. The lowest BCUT2D eigenvalue weighted by atomic mass is 10.3. The number of carbonyl (C=O) groups is 2. The molecule has 3 amide bonds. The molecule has 0 aromatic carbocycles. The Morgan fingerprint density at radius 1 is 1.62 bits per heavy atom. The summed E-state index contributed by atoms with van der Waals surface area (Å²) in [5.41, 5.74) is 5.89. The van der Waals surface area contributed by atoms with Crippen molar-refractivity contribution in [2.75, 3.05) is 18.5 Å². The first-order chi connectivity index (χ1) is 7.61. The molecule has 1 atom stereocenters. The summed E-state index contributed by atoms with van der Waals surface area (Å²) in [5, 5.41) is 0. The zero-order chi connectivity index (χ0) is 11.7. The van der Waals surface area contributed by atoms with Crippen molar-refractivity contribution in [3.8, 4) is 0 Å². The number of hydrogen-bond donors (Lipinski definition) is 1. The summed E-state index contributed by atoms with van der Waals surface area (Å²) in [6.45, 7) is 0.274. The Kier molecular flexibility index (Phi) is 2.47. The first-order valence-corrected chi connectivity index (χ1v) is 4.85. The lowest BCUT2D eigenvalue weighted by molar-refractivity contribution is -0.121. The molecule has 84 valence electrons. The maximum Gasteiger partial charge on any atom is 0.325 e. The molecule has 1 aliphatic heterocycles. The number of urea groups is 1. The number of likely N-dealkylation sites (N-methyl/N-ethyl adjacent to an activating group) is 1. The van der Waals surface area contributed by atoms with Crippen molar-refractivity contribution in [3.63, 3.8) is 0 Å². The van der Waals surface area contributed by atoms with Gasteiger partial charge in [0, 0.05) is 13.2 Å². The molecule has 6 heteroatoms. The summed E-state index contributed by atoms with van der Waals surface area (Å²) in [4.78, 5) is 29.7. The van der Waals surface area contributed by atoms with Crippen LogP contribution < -0.4 is 10.6 Å². The van der Waals surface area contributed by atoms with E-state index in [1.54, 1.807) is 31.6 Å². The van der Waals surface area contributed by atoms with E-state index in [1.165, 1.54) is 9.80 Å². The Morgan fingerprint density at radius 2 is 2.38 bits per heavy atom. The van der Waals surface area contributed by atoms with Crippen LogP contribution in [0, 0.1) is 0 Å². The summed E-state index contributed by atoms with van der Waals surface area (Å²) in [7, 11) is 1.56. The molecule has 0 radical (unpaired) electrons. The molecule has 2 heterocycles. The highest BCUT2D eigenvalue weighted by atomic mass is 16.2. The Bertz CT molecular complexity index is 420. The van der Waals surface area contributed by atoms with Gasteiger partial charge in [-0.25, -0.2) is 4.79 Å². The number of rotatable bonds is 2. The number of primary amides is 1. The summed E-state index contributed by atoms with van der Waals surface area (Å²) in [6, 6.07) is 2.69. The van der Waals surface area contributed by atoms with Crippen LogP contribution >= 0.6 is 0 Å². The Labute approximate surface area is 92.7 Å². The van der Waals surface area contributed by atoms with Gasteiger partial charge >= 0.3 is 6.03 Å². The quantitative estimate of drug-likeness (QED) is 0.750. The van der Waals surface area contributed by atoms with E-state index in [0.29, 0.717) is 5.69 Å². The molecule has 1 unspecified atom stereocenters. The van der Waals surface area contributed by atoms with Gasteiger partial charge in [0.15, 0.2) is 0 Å². The normalized spacial score (nSPS) is 20.3. The molecule has 6 nitrogen and oxygen atoms in total. The van der Waals surface area contributed by atoms with Gasteiger partial charge in [0.2, 0.25) is 5.91 Å². The second-order valence-electron chi connectivity index (χ2n) is 3.63. The molecule has 1 aliphatic rings. The third-order valence-electron chi connectivity index (χ3n) is 2.64. The molecule has 0 aliphatic carbocycles. The number of hydrogen-bond acceptors (Lipinski definition) is 3. The second-order valence-corrected chi connectivity index (χ2v) is 3.63. The van der Waals surface area contributed by atoms with Crippen LogP contribution in [0.3, 0.4) is 0 Å². The predicted molar refractivity (Wildman–Crippen MR) is 57.7 cm³/mol. The molecular formula is C10H12N4O2. The smallest absolute Gasteiger partial charge is 0.325 e.